The van der Waals surface area contributed by atoms with Crippen molar-refractivity contribution in [2.24, 2.45) is 0 Å². The Morgan fingerprint density at radius 2 is 1.97 bits per heavy atom. The zero-order valence-electron chi connectivity index (χ0n) is 18.8. The molecule has 1 amide bonds. The first-order valence-electron chi connectivity index (χ1n) is 10.7. The molecule has 0 radical (unpaired) electrons. The first-order chi connectivity index (χ1) is 17.4. The number of ether oxygens (including phenoxy) is 2. The smallest absolute Gasteiger partial charge is 0.262 e. The summed E-state index contributed by atoms with van der Waals surface area (Å²) in [5, 5.41) is 13.9. The molecule has 0 spiro atoms. The Kier molecular flexibility index (Phi) is 8.69. The van der Waals surface area contributed by atoms with Gasteiger partial charge in [0, 0.05) is 5.69 Å². The van der Waals surface area contributed by atoms with E-state index in [1.807, 2.05) is 37.3 Å². The summed E-state index contributed by atoms with van der Waals surface area (Å²) in [5.41, 5.74) is 2.57. The second kappa shape index (κ2) is 11.9. The minimum atomic E-state index is -0.363. The number of nitrogens with zero attached hydrogens (tertiary/aromatic N) is 2. The molecular weight excluding hydrogens is 632 g/mol. The third-order valence-electron chi connectivity index (χ3n) is 4.84. The Hall–Kier alpha value is -2.84. The number of para-hydroxylation sites is 1. The van der Waals surface area contributed by atoms with Crippen molar-refractivity contribution in [2.45, 2.75) is 6.92 Å². The highest BCUT2D eigenvalue weighted by Crippen LogP contribution is 2.36. The van der Waals surface area contributed by atoms with Crippen LogP contribution < -0.4 is 14.8 Å². The van der Waals surface area contributed by atoms with Crippen molar-refractivity contribution >= 4 is 90.6 Å². The summed E-state index contributed by atoms with van der Waals surface area (Å²) < 4.78 is 13.4. The van der Waals surface area contributed by atoms with Crippen molar-refractivity contribution in [1.82, 2.24) is 4.98 Å². The molecule has 1 aromatic heterocycles. The van der Waals surface area contributed by atoms with Gasteiger partial charge in [0.2, 0.25) is 0 Å². The number of carbonyl (C=O) groups is 1. The van der Waals surface area contributed by atoms with Crippen LogP contribution in [-0.4, -0.2) is 24.1 Å². The summed E-state index contributed by atoms with van der Waals surface area (Å²) in [6.07, 6.45) is 1.77. The van der Waals surface area contributed by atoms with E-state index in [1.165, 1.54) is 11.3 Å². The van der Waals surface area contributed by atoms with Crippen LogP contribution in [-0.2, 0) is 4.79 Å². The lowest BCUT2D eigenvalue weighted by atomic mass is 10.1. The predicted octanol–water partition coefficient (Wildman–Crippen LogP) is 7.69. The third kappa shape index (κ3) is 6.28. The van der Waals surface area contributed by atoms with E-state index in [2.05, 4.69) is 39.0 Å². The standard InChI is InChI=1S/C26H18Cl2IN3O3S/c1-2-34-22-11-15(9-16(13-30)26-32-21-5-3-4-6-23(21)36-26)10-20(29)25(22)35-14-24(33)31-17-7-8-18(27)19(28)12-17/h3-12H,2,14H2,1H3,(H,31,33)/b16-9+. The zero-order valence-corrected chi connectivity index (χ0v) is 23.3. The van der Waals surface area contributed by atoms with Gasteiger partial charge in [-0.2, -0.15) is 5.26 Å². The number of amides is 1. The summed E-state index contributed by atoms with van der Waals surface area (Å²) in [6.45, 7) is 2.02. The van der Waals surface area contributed by atoms with Gasteiger partial charge in [-0.05, 0) is 83.6 Å². The summed E-state index contributed by atoms with van der Waals surface area (Å²) in [7, 11) is 0. The molecule has 6 nitrogen and oxygen atoms in total. The predicted molar refractivity (Wildman–Crippen MR) is 154 cm³/mol. The van der Waals surface area contributed by atoms with E-state index in [0.29, 0.717) is 44.4 Å². The highest BCUT2D eigenvalue weighted by Gasteiger charge is 2.16. The van der Waals surface area contributed by atoms with Gasteiger partial charge in [0.25, 0.3) is 5.91 Å². The van der Waals surface area contributed by atoms with Gasteiger partial charge in [-0.25, -0.2) is 4.98 Å². The normalized spacial score (nSPS) is 11.2. The number of rotatable bonds is 8. The number of nitrogens with one attached hydrogen (secondary N) is 1. The van der Waals surface area contributed by atoms with Crippen molar-refractivity contribution < 1.29 is 14.3 Å². The average molecular weight is 650 g/mol. The molecule has 0 atom stereocenters. The van der Waals surface area contributed by atoms with E-state index in [-0.39, 0.29) is 12.5 Å². The Balaban J connectivity index is 1.55. The number of halogens is 3. The van der Waals surface area contributed by atoms with Crippen molar-refractivity contribution in [3.05, 3.63) is 78.8 Å². The van der Waals surface area contributed by atoms with Crippen LogP contribution in [0.3, 0.4) is 0 Å². The van der Waals surface area contributed by atoms with Crippen LogP contribution in [0.5, 0.6) is 11.5 Å². The lowest BCUT2D eigenvalue weighted by molar-refractivity contribution is -0.118. The molecular formula is C26H18Cl2IN3O3S. The fraction of sp³-hybridized carbons (Fsp3) is 0.115. The molecule has 0 bridgehead atoms. The van der Waals surface area contributed by atoms with Gasteiger partial charge < -0.3 is 14.8 Å². The maximum absolute atomic E-state index is 12.4. The van der Waals surface area contributed by atoms with E-state index in [1.54, 1.807) is 30.3 Å². The van der Waals surface area contributed by atoms with E-state index < -0.39 is 0 Å². The Bertz CT molecular complexity index is 1480. The molecule has 0 saturated heterocycles. The van der Waals surface area contributed by atoms with Crippen LogP contribution in [0, 0.1) is 14.9 Å². The van der Waals surface area contributed by atoms with Gasteiger partial charge in [0.1, 0.15) is 11.1 Å². The summed E-state index contributed by atoms with van der Waals surface area (Å²) in [4.78, 5) is 17.0. The maximum atomic E-state index is 12.4. The second-order valence-electron chi connectivity index (χ2n) is 7.39. The highest BCUT2D eigenvalue weighted by atomic mass is 127. The Labute approximate surface area is 235 Å². The second-order valence-corrected chi connectivity index (χ2v) is 10.4. The summed E-state index contributed by atoms with van der Waals surface area (Å²) >= 11 is 15.5. The van der Waals surface area contributed by atoms with Crippen molar-refractivity contribution in [3.63, 3.8) is 0 Å². The van der Waals surface area contributed by atoms with Crippen LogP contribution in [0.15, 0.2) is 54.6 Å². The van der Waals surface area contributed by atoms with Gasteiger partial charge in [-0.3, -0.25) is 4.79 Å². The zero-order chi connectivity index (χ0) is 25.7. The lowest BCUT2D eigenvalue weighted by Gasteiger charge is -2.15. The van der Waals surface area contributed by atoms with Crippen molar-refractivity contribution in [2.75, 3.05) is 18.5 Å². The van der Waals surface area contributed by atoms with Crippen molar-refractivity contribution in [3.8, 4) is 17.6 Å². The molecule has 3 aromatic carbocycles. The van der Waals surface area contributed by atoms with E-state index in [9.17, 15) is 10.1 Å². The van der Waals surface area contributed by atoms with Gasteiger partial charge >= 0.3 is 0 Å². The van der Waals surface area contributed by atoms with Gasteiger partial charge in [0.05, 0.1) is 36.0 Å². The minimum Gasteiger partial charge on any atom is -0.490 e. The molecule has 0 saturated carbocycles. The number of nitriles is 1. The number of hydrogen-bond donors (Lipinski definition) is 1. The monoisotopic (exact) mass is 649 g/mol. The summed E-state index contributed by atoms with van der Waals surface area (Å²) in [5.74, 6) is 0.551. The maximum Gasteiger partial charge on any atom is 0.262 e. The number of aromatic nitrogens is 1. The third-order valence-corrected chi connectivity index (χ3v) is 7.45. The fourth-order valence-electron chi connectivity index (χ4n) is 3.28. The first-order valence-corrected chi connectivity index (χ1v) is 13.3. The SMILES string of the molecule is CCOc1cc(/C=C(\C#N)c2nc3ccccc3s2)cc(I)c1OCC(=O)Nc1ccc(Cl)c(Cl)c1. The largest absolute Gasteiger partial charge is 0.490 e. The fourth-order valence-corrected chi connectivity index (χ4v) is 5.29. The lowest BCUT2D eigenvalue weighted by Crippen LogP contribution is -2.20. The number of anilines is 1. The molecule has 10 heteroatoms. The van der Waals surface area contributed by atoms with Crippen LogP contribution >= 0.6 is 57.1 Å². The van der Waals surface area contributed by atoms with Gasteiger partial charge in [-0.15, -0.1) is 11.3 Å². The number of thiazole rings is 1. The Morgan fingerprint density at radius 3 is 2.69 bits per heavy atom. The van der Waals surface area contributed by atoms with E-state index >= 15 is 0 Å². The minimum absolute atomic E-state index is 0.235. The van der Waals surface area contributed by atoms with Crippen molar-refractivity contribution in [1.29, 1.82) is 5.26 Å². The first kappa shape index (κ1) is 26.2. The van der Waals surface area contributed by atoms with Crippen LogP contribution in [0.4, 0.5) is 5.69 Å². The molecule has 4 rings (SSSR count). The molecule has 0 aliphatic heterocycles. The molecule has 36 heavy (non-hydrogen) atoms. The number of carbonyl (C=O) groups excluding carboxylic acids is 1. The van der Waals surface area contributed by atoms with Crippen LogP contribution in [0.2, 0.25) is 10.0 Å². The van der Waals surface area contributed by atoms with E-state index in [4.69, 9.17) is 32.7 Å². The Morgan fingerprint density at radius 1 is 1.17 bits per heavy atom. The van der Waals surface area contributed by atoms with Gasteiger partial charge in [0.15, 0.2) is 18.1 Å². The topological polar surface area (TPSA) is 84.2 Å². The molecule has 0 unspecified atom stereocenters. The molecule has 0 aliphatic carbocycles. The summed E-state index contributed by atoms with van der Waals surface area (Å²) in [6, 6.07) is 18.5. The number of hydrogen-bond acceptors (Lipinski definition) is 6. The molecule has 0 fully saturated rings. The van der Waals surface area contributed by atoms with Crippen LogP contribution in [0.1, 0.15) is 17.5 Å². The quantitative estimate of drug-likeness (QED) is 0.156. The number of allylic oxidation sites excluding steroid dienone is 1. The molecule has 4 aromatic rings. The van der Waals surface area contributed by atoms with Gasteiger partial charge in [-0.1, -0.05) is 35.3 Å². The highest BCUT2D eigenvalue weighted by molar-refractivity contribution is 14.1. The number of benzene rings is 3. The molecule has 0 aliphatic rings. The average Bonchev–Trinajstić information content (AvgIpc) is 3.28. The molecule has 182 valence electrons. The molecule has 1 heterocycles. The van der Waals surface area contributed by atoms with Crippen LogP contribution in [0.25, 0.3) is 21.9 Å². The molecule has 1 N–H and O–H groups in total. The van der Waals surface area contributed by atoms with E-state index in [0.717, 1.165) is 19.4 Å². The number of fused-ring (bicyclic) bond motifs is 1.